The van der Waals surface area contributed by atoms with E-state index in [0.29, 0.717) is 5.56 Å². The van der Waals surface area contributed by atoms with Gasteiger partial charge in [0.2, 0.25) is 11.8 Å². The van der Waals surface area contributed by atoms with Gasteiger partial charge in [0.05, 0.1) is 0 Å². The minimum Gasteiger partial charge on any atom is -0.388 e. The predicted octanol–water partition coefficient (Wildman–Crippen LogP) is 2.73. The molecule has 0 saturated carbocycles. The zero-order valence-corrected chi connectivity index (χ0v) is 13.9. The highest BCUT2D eigenvalue weighted by Crippen LogP contribution is 2.15. The van der Waals surface area contributed by atoms with Gasteiger partial charge in [-0.15, -0.1) is 5.10 Å². The van der Waals surface area contributed by atoms with Gasteiger partial charge < -0.3 is 9.73 Å². The van der Waals surface area contributed by atoms with Crippen LogP contribution < -0.4 is 11.1 Å². The molecule has 1 amide bonds. The number of amides is 1. The minimum absolute atomic E-state index is 0.0447. The molecule has 0 saturated heterocycles. The molecule has 2 rings (SSSR count). The van der Waals surface area contributed by atoms with Crippen molar-refractivity contribution in [1.82, 2.24) is 15.1 Å². The smallest absolute Gasteiger partial charge is 0.388 e. The van der Waals surface area contributed by atoms with Gasteiger partial charge in [0, 0.05) is 11.6 Å². The maximum absolute atomic E-state index is 12.9. The van der Waals surface area contributed by atoms with E-state index in [4.69, 9.17) is 4.42 Å². The Balaban J connectivity index is 1.96. The molecule has 1 unspecified atom stereocenters. The lowest BCUT2D eigenvalue weighted by Gasteiger charge is -2.13. The normalized spacial score (nSPS) is 12.1. The molecule has 1 aromatic carbocycles. The maximum Gasteiger partial charge on any atom is 0.437 e. The van der Waals surface area contributed by atoms with Crippen molar-refractivity contribution in [3.8, 4) is 11.5 Å². The van der Waals surface area contributed by atoms with Crippen LogP contribution in [0.5, 0.6) is 0 Å². The monoisotopic (exact) mass is 335 g/mol. The van der Waals surface area contributed by atoms with Crippen molar-refractivity contribution in [2.75, 3.05) is 0 Å². The van der Waals surface area contributed by atoms with E-state index in [2.05, 4.69) is 17.3 Å². The summed E-state index contributed by atoms with van der Waals surface area (Å²) in [6.45, 7) is 3.85. The molecule has 0 aliphatic heterocycles. The van der Waals surface area contributed by atoms with Crippen LogP contribution in [-0.4, -0.2) is 21.7 Å². The fourth-order valence-electron chi connectivity index (χ4n) is 2.34. The first-order chi connectivity index (χ1) is 11.5. The number of hydrogen-bond acceptors (Lipinski definition) is 4. The summed E-state index contributed by atoms with van der Waals surface area (Å²) in [6.07, 6.45) is 4.20. The minimum atomic E-state index is -0.719. The standard InChI is InChI=1S/C17H22FN3O3/c1-3-4-5-6-12(2)19-15(22)11-21-17(23)24-16(20-21)13-7-9-14(18)10-8-13/h7-10,12H,3-6,11H2,1-2H3,(H,19,22). The lowest BCUT2D eigenvalue weighted by Crippen LogP contribution is -2.37. The molecular formula is C17H22FN3O3. The molecule has 1 atom stereocenters. The Morgan fingerprint density at radius 3 is 2.71 bits per heavy atom. The van der Waals surface area contributed by atoms with E-state index in [1.54, 1.807) is 0 Å². The molecule has 0 fully saturated rings. The van der Waals surface area contributed by atoms with Crippen molar-refractivity contribution in [1.29, 1.82) is 0 Å². The van der Waals surface area contributed by atoms with Gasteiger partial charge in [-0.1, -0.05) is 26.2 Å². The molecule has 0 aliphatic carbocycles. The number of nitrogens with zero attached hydrogens (tertiary/aromatic N) is 2. The number of hydrogen-bond donors (Lipinski definition) is 1. The molecule has 0 bridgehead atoms. The van der Waals surface area contributed by atoms with Crippen LogP contribution in [0.3, 0.4) is 0 Å². The van der Waals surface area contributed by atoms with Crippen LogP contribution in [0.2, 0.25) is 0 Å². The van der Waals surface area contributed by atoms with Crippen LogP contribution in [0.4, 0.5) is 4.39 Å². The first-order valence-corrected chi connectivity index (χ1v) is 8.13. The summed E-state index contributed by atoms with van der Waals surface area (Å²) < 4.78 is 18.9. The second-order valence-electron chi connectivity index (χ2n) is 5.80. The fourth-order valence-corrected chi connectivity index (χ4v) is 2.34. The molecule has 1 N–H and O–H groups in total. The molecule has 0 spiro atoms. The third-order valence-corrected chi connectivity index (χ3v) is 3.64. The maximum atomic E-state index is 12.9. The van der Waals surface area contributed by atoms with Gasteiger partial charge >= 0.3 is 5.76 Å². The molecule has 0 aliphatic rings. The third kappa shape index (κ3) is 5.04. The highest BCUT2D eigenvalue weighted by atomic mass is 19.1. The number of unbranched alkanes of at least 4 members (excludes halogenated alkanes) is 2. The van der Waals surface area contributed by atoms with Crippen molar-refractivity contribution in [2.45, 2.75) is 52.1 Å². The van der Waals surface area contributed by atoms with Crippen LogP contribution in [-0.2, 0) is 11.3 Å². The molecule has 7 heteroatoms. The molecule has 1 aromatic heterocycles. The van der Waals surface area contributed by atoms with Crippen LogP contribution >= 0.6 is 0 Å². The van der Waals surface area contributed by atoms with Crippen LogP contribution in [0.1, 0.15) is 39.5 Å². The molecule has 2 aromatic rings. The van der Waals surface area contributed by atoms with Crippen LogP contribution in [0.25, 0.3) is 11.5 Å². The summed E-state index contributed by atoms with van der Waals surface area (Å²) in [7, 11) is 0. The van der Waals surface area contributed by atoms with Gasteiger partial charge in [0.1, 0.15) is 12.4 Å². The summed E-state index contributed by atoms with van der Waals surface area (Å²) in [5.74, 6) is -1.34. The largest absolute Gasteiger partial charge is 0.437 e. The second-order valence-corrected chi connectivity index (χ2v) is 5.80. The molecule has 6 nitrogen and oxygen atoms in total. The number of halogens is 1. The Hall–Kier alpha value is -2.44. The molecule has 24 heavy (non-hydrogen) atoms. The average molecular weight is 335 g/mol. The molecular weight excluding hydrogens is 313 g/mol. The first-order valence-electron chi connectivity index (χ1n) is 8.13. The lowest BCUT2D eigenvalue weighted by atomic mass is 10.1. The van der Waals surface area contributed by atoms with E-state index in [1.807, 2.05) is 6.92 Å². The third-order valence-electron chi connectivity index (χ3n) is 3.64. The number of carbonyl (C=O) groups excluding carboxylic acids is 1. The zero-order chi connectivity index (χ0) is 17.5. The number of carbonyl (C=O) groups is 1. The van der Waals surface area contributed by atoms with Gasteiger partial charge in [-0.3, -0.25) is 4.79 Å². The van der Waals surface area contributed by atoms with Crippen molar-refractivity contribution in [3.05, 3.63) is 40.6 Å². The summed E-state index contributed by atoms with van der Waals surface area (Å²) in [6, 6.07) is 5.46. The highest BCUT2D eigenvalue weighted by molar-refractivity contribution is 5.75. The Bertz CT molecular complexity index is 721. The highest BCUT2D eigenvalue weighted by Gasteiger charge is 2.14. The van der Waals surface area contributed by atoms with E-state index < -0.39 is 11.6 Å². The van der Waals surface area contributed by atoms with E-state index in [1.165, 1.54) is 24.3 Å². The van der Waals surface area contributed by atoms with Crippen LogP contribution in [0.15, 0.2) is 33.5 Å². The number of aromatic nitrogens is 2. The number of rotatable bonds is 8. The summed E-state index contributed by atoms with van der Waals surface area (Å²) >= 11 is 0. The van der Waals surface area contributed by atoms with Crippen molar-refractivity contribution < 1.29 is 13.6 Å². The Kier molecular flexibility index (Phi) is 6.28. The lowest BCUT2D eigenvalue weighted by molar-refractivity contribution is -0.122. The Labute approximate surface area is 139 Å². The Morgan fingerprint density at radius 1 is 1.33 bits per heavy atom. The topological polar surface area (TPSA) is 77.1 Å². The van der Waals surface area contributed by atoms with Crippen molar-refractivity contribution in [2.24, 2.45) is 0 Å². The summed E-state index contributed by atoms with van der Waals surface area (Å²) in [4.78, 5) is 23.8. The van der Waals surface area contributed by atoms with E-state index >= 15 is 0 Å². The SMILES string of the molecule is CCCCCC(C)NC(=O)Cn1nc(-c2ccc(F)cc2)oc1=O. The predicted molar refractivity (Wildman–Crippen MR) is 87.9 cm³/mol. The zero-order valence-electron chi connectivity index (χ0n) is 13.9. The number of nitrogens with one attached hydrogen (secondary N) is 1. The van der Waals surface area contributed by atoms with Gasteiger partial charge in [-0.2, -0.15) is 4.68 Å². The van der Waals surface area contributed by atoms with Crippen LogP contribution in [0, 0.1) is 5.82 Å². The van der Waals surface area contributed by atoms with E-state index in [0.717, 1.165) is 30.4 Å². The summed E-state index contributed by atoms with van der Waals surface area (Å²) in [5, 5.41) is 6.83. The Morgan fingerprint density at radius 2 is 2.04 bits per heavy atom. The van der Waals surface area contributed by atoms with Gasteiger partial charge in [-0.05, 0) is 37.6 Å². The fraction of sp³-hybridized carbons (Fsp3) is 0.471. The molecule has 0 radical (unpaired) electrons. The van der Waals surface area contributed by atoms with E-state index in [9.17, 15) is 14.0 Å². The van der Waals surface area contributed by atoms with Gasteiger partial charge in [0.25, 0.3) is 0 Å². The first kappa shape index (κ1) is 17.9. The quantitative estimate of drug-likeness (QED) is 0.753. The summed E-state index contributed by atoms with van der Waals surface area (Å²) in [5.41, 5.74) is 0.473. The molecule has 1 heterocycles. The molecule has 130 valence electrons. The second kappa shape index (κ2) is 8.42. The average Bonchev–Trinajstić information content (AvgIpc) is 2.89. The van der Waals surface area contributed by atoms with Crippen molar-refractivity contribution >= 4 is 5.91 Å². The van der Waals surface area contributed by atoms with Gasteiger partial charge in [-0.25, -0.2) is 9.18 Å². The van der Waals surface area contributed by atoms with Gasteiger partial charge in [0.15, 0.2) is 0 Å². The van der Waals surface area contributed by atoms with Crippen molar-refractivity contribution in [3.63, 3.8) is 0 Å². The van der Waals surface area contributed by atoms with E-state index in [-0.39, 0.29) is 24.4 Å². The number of benzene rings is 1.